The summed E-state index contributed by atoms with van der Waals surface area (Å²) in [6, 6.07) is 0. The fourth-order valence-electron chi connectivity index (χ4n) is 1.14. The van der Waals surface area contributed by atoms with Gasteiger partial charge in [-0.3, -0.25) is 30.3 Å². The number of aromatic nitrogens is 3. The van der Waals surface area contributed by atoms with Crippen LogP contribution in [0.4, 0.5) is 11.9 Å². The summed E-state index contributed by atoms with van der Waals surface area (Å²) in [6.45, 7) is 0. The summed E-state index contributed by atoms with van der Waals surface area (Å²) in [5, 5.41) is 60.7. The lowest BCUT2D eigenvalue weighted by atomic mass is 10.6. The van der Waals surface area contributed by atoms with Crippen molar-refractivity contribution in [2.75, 3.05) is 0 Å². The monoisotopic (exact) mass is 374 g/mol. The summed E-state index contributed by atoms with van der Waals surface area (Å²) in [6.07, 6.45) is 0. The molecule has 22 heteroatoms. The summed E-state index contributed by atoms with van der Waals surface area (Å²) in [7, 11) is 0. The Morgan fingerprint density at radius 3 is 1.64 bits per heavy atom. The van der Waals surface area contributed by atoms with Crippen LogP contribution in [0, 0.1) is 50.6 Å². The molecule has 1 rings (SSSR count). The molecule has 1 aromatic heterocycles. The zero-order valence-corrected chi connectivity index (χ0v) is 11.3. The maximum absolute atomic E-state index is 10.8. The van der Waals surface area contributed by atoms with Crippen LogP contribution in [0.1, 0.15) is 0 Å². The minimum absolute atomic E-state index is 0. The van der Waals surface area contributed by atoms with Crippen LogP contribution in [0.3, 0.4) is 0 Å². The van der Waals surface area contributed by atoms with E-state index in [4.69, 9.17) is 5.21 Å². The zero-order valence-electron chi connectivity index (χ0n) is 11.3. The molecule has 0 aliphatic heterocycles. The predicted molar refractivity (Wildman–Crippen MR) is 63.9 cm³/mol. The molecule has 1 heterocycles. The Bertz CT molecular complexity index is 657. The fourth-order valence-corrected chi connectivity index (χ4v) is 1.14. The van der Waals surface area contributed by atoms with E-state index in [1.54, 1.807) is 0 Å². The number of rotatable bonds is 7. The molecule has 6 N–H and O–H groups in total. The van der Waals surface area contributed by atoms with Crippen molar-refractivity contribution in [1.29, 1.82) is 0 Å². The van der Waals surface area contributed by atoms with Gasteiger partial charge in [-0.2, -0.15) is 0 Å². The third-order valence-electron chi connectivity index (χ3n) is 1.93. The summed E-state index contributed by atoms with van der Waals surface area (Å²) in [5.74, 6) is -5.55. The van der Waals surface area contributed by atoms with Crippen LogP contribution in [-0.2, 0) is 5.91 Å². The molecule has 0 bridgehead atoms. The first-order chi connectivity index (χ1) is 11.0. The van der Waals surface area contributed by atoms with E-state index < -0.39 is 47.2 Å². The number of hydrogen-bond donors (Lipinski definition) is 2. The van der Waals surface area contributed by atoms with E-state index >= 15 is 0 Å². The van der Waals surface area contributed by atoms with Crippen molar-refractivity contribution >= 4 is 11.9 Å². The molecule has 0 fully saturated rings. The third kappa shape index (κ3) is 3.97. The second-order valence-electron chi connectivity index (χ2n) is 3.09. The molecule has 140 valence electrons. The van der Waals surface area contributed by atoms with Gasteiger partial charge < -0.3 is 15.6 Å². The van der Waals surface area contributed by atoms with Crippen molar-refractivity contribution in [2.45, 2.75) is 5.91 Å². The molecule has 0 saturated carbocycles. The van der Waals surface area contributed by atoms with Crippen LogP contribution < -0.4 is 5.90 Å². The standard InChI is InChI=1S/C3N9O10.H4NO.H2O/c13-8(14)2-4-1(6-12(21)22)7(5-2)3(9(15)16,10(17)18)11(19)20;1-2;/h;2H,1H3;1H2/q-1;+1;. The van der Waals surface area contributed by atoms with Crippen molar-refractivity contribution in [3.05, 3.63) is 56.0 Å². The van der Waals surface area contributed by atoms with E-state index in [0.29, 0.717) is 0 Å². The molecule has 0 spiro atoms. The summed E-state index contributed by atoms with van der Waals surface area (Å²) in [4.78, 5) is 48.0. The van der Waals surface area contributed by atoms with Crippen molar-refractivity contribution < 1.29 is 41.3 Å². The average Bonchev–Trinajstić information content (AvgIpc) is 2.84. The van der Waals surface area contributed by atoms with Crippen LogP contribution in [0.25, 0.3) is 5.43 Å². The molecule has 0 aliphatic carbocycles. The highest BCUT2D eigenvalue weighted by Crippen LogP contribution is 2.28. The van der Waals surface area contributed by atoms with Gasteiger partial charge >= 0.3 is 11.9 Å². The van der Waals surface area contributed by atoms with Gasteiger partial charge in [0, 0.05) is 0 Å². The molecule has 0 aliphatic rings. The van der Waals surface area contributed by atoms with Crippen molar-refractivity contribution in [2.24, 2.45) is 0 Å². The van der Waals surface area contributed by atoms with Gasteiger partial charge in [0.1, 0.15) is 5.03 Å². The maximum Gasteiger partial charge on any atom is 0.796 e. The van der Waals surface area contributed by atoms with Crippen molar-refractivity contribution in [3.8, 4) is 0 Å². The third-order valence-corrected chi connectivity index (χ3v) is 1.93. The molecule has 0 unspecified atom stereocenters. The van der Waals surface area contributed by atoms with Gasteiger partial charge in [-0.1, -0.05) is 0 Å². The Morgan fingerprint density at radius 2 is 1.36 bits per heavy atom. The topological polar surface area (TPSA) is 340 Å². The van der Waals surface area contributed by atoms with Crippen LogP contribution in [0.5, 0.6) is 0 Å². The largest absolute Gasteiger partial charge is 0.796 e. The number of nitro groups is 5. The van der Waals surface area contributed by atoms with E-state index in [9.17, 15) is 50.6 Å². The van der Waals surface area contributed by atoms with Gasteiger partial charge in [0.15, 0.2) is 14.8 Å². The normalized spacial score (nSPS) is 9.68. The molecule has 0 aromatic carbocycles. The van der Waals surface area contributed by atoms with Crippen LogP contribution >= 0.6 is 0 Å². The predicted octanol–water partition coefficient (Wildman–Crippen LogP) is -3.43. The first kappa shape index (κ1) is 23.1. The Labute approximate surface area is 131 Å². The summed E-state index contributed by atoms with van der Waals surface area (Å²) in [5.41, 5.74) is 2.27. The molecule has 0 saturated heterocycles. The lowest BCUT2D eigenvalue weighted by Crippen LogP contribution is -2.55. The quantitative estimate of drug-likeness (QED) is 0.267. The molecule has 0 radical (unpaired) electrons. The summed E-state index contributed by atoms with van der Waals surface area (Å²) < 4.78 is -0.839. The van der Waals surface area contributed by atoms with Gasteiger partial charge in [0.2, 0.25) is 0 Å². The maximum atomic E-state index is 10.8. The number of hydrogen-bond acceptors (Lipinski definition) is 13. The molecular weight excluding hydrogens is 368 g/mol. The SMILES string of the molecule is O.O=[N+]([O-])[N-]c1nc([N+](=O)[O-])nn1C([N+](=O)[O-])([N+](=O)[O-])[N+](=O)[O-].[NH3+]O. The van der Waals surface area contributed by atoms with E-state index in [2.05, 4.69) is 21.4 Å². The molecular formula is C3H6N10O12. The van der Waals surface area contributed by atoms with Gasteiger partial charge in [0.05, 0.1) is 0 Å². The number of nitrogens with zero attached hydrogens (tertiary/aromatic N) is 9. The minimum atomic E-state index is -4.52. The minimum Gasteiger partial charge on any atom is -0.412 e. The Morgan fingerprint density at radius 1 is 0.960 bits per heavy atom. The Balaban J connectivity index is 0. The van der Waals surface area contributed by atoms with E-state index in [-0.39, 0.29) is 5.48 Å². The van der Waals surface area contributed by atoms with Crippen LogP contribution in [0.15, 0.2) is 0 Å². The second-order valence-corrected chi connectivity index (χ2v) is 3.09. The first-order valence-electron chi connectivity index (χ1n) is 4.78. The van der Waals surface area contributed by atoms with Crippen LogP contribution in [-0.4, -0.2) is 50.2 Å². The van der Waals surface area contributed by atoms with Gasteiger partial charge in [-0.15, -0.1) is 0 Å². The Hall–Kier alpha value is -4.18. The van der Waals surface area contributed by atoms with E-state index in [1.165, 1.54) is 0 Å². The highest BCUT2D eigenvalue weighted by molar-refractivity contribution is 5.30. The number of quaternary nitrogens is 1. The fraction of sp³-hybridized carbons (Fsp3) is 0.333. The molecule has 0 amide bonds. The van der Waals surface area contributed by atoms with E-state index in [1.807, 2.05) is 0 Å². The highest BCUT2D eigenvalue weighted by atomic mass is 16.7. The second kappa shape index (κ2) is 8.45. The van der Waals surface area contributed by atoms with Gasteiger partial charge in [-0.05, 0) is 25.1 Å². The lowest BCUT2D eigenvalue weighted by molar-refractivity contribution is -1.01. The van der Waals surface area contributed by atoms with Crippen LogP contribution in [0.2, 0.25) is 0 Å². The highest BCUT2D eigenvalue weighted by Gasteiger charge is 2.75. The zero-order chi connectivity index (χ0) is 19.2. The average molecular weight is 374 g/mol. The van der Waals surface area contributed by atoms with Crippen molar-refractivity contribution in [1.82, 2.24) is 14.8 Å². The smallest absolute Gasteiger partial charge is 0.412 e. The summed E-state index contributed by atoms with van der Waals surface area (Å²) >= 11 is 0. The molecule has 1 aromatic rings. The molecule has 25 heavy (non-hydrogen) atoms. The van der Waals surface area contributed by atoms with E-state index in [0.717, 1.165) is 0 Å². The van der Waals surface area contributed by atoms with Crippen molar-refractivity contribution in [3.63, 3.8) is 0 Å². The molecule has 22 nitrogen and oxygen atoms in total. The molecule has 0 atom stereocenters. The van der Waals surface area contributed by atoms with Gasteiger partial charge in [-0.25, -0.2) is 21.2 Å². The lowest BCUT2D eigenvalue weighted by Gasteiger charge is -2.08. The Kier molecular flexibility index (Phi) is 7.81. The van der Waals surface area contributed by atoms with Gasteiger partial charge in [0.25, 0.3) is 5.95 Å². The first-order valence-corrected chi connectivity index (χ1v) is 4.78.